The van der Waals surface area contributed by atoms with E-state index >= 15 is 0 Å². The normalized spacial score (nSPS) is 46.7. The number of nitrogens with zero attached hydrogens (tertiary/aromatic N) is 1. The molecule has 0 saturated carbocycles. The molecule has 0 aromatic heterocycles. The van der Waals surface area contributed by atoms with Gasteiger partial charge < -0.3 is 15.5 Å². The zero-order valence-electron chi connectivity index (χ0n) is 8.38. The number of piperazine rings is 1. The maximum Gasteiger partial charge on any atom is 0.240 e. The maximum atomic E-state index is 12.0. The molecule has 78 valence electrons. The Balaban J connectivity index is 1.89. The second kappa shape index (κ2) is 2.94. The summed E-state index contributed by atoms with van der Waals surface area (Å²) in [4.78, 5) is 14.4. The number of carbonyl (C=O) groups is 1. The van der Waals surface area contributed by atoms with E-state index in [9.17, 15) is 4.79 Å². The molecule has 3 atom stereocenters. The number of hydrogen-bond donors (Lipinski definition) is 2. The largest absolute Gasteiger partial charge is 0.353 e. The number of amides is 1. The smallest absolute Gasteiger partial charge is 0.240 e. The van der Waals surface area contributed by atoms with Crippen molar-refractivity contribution in [3.63, 3.8) is 0 Å². The molecule has 0 aromatic rings. The fraction of sp³-hybridized carbons (Fsp3) is 0.900. The molecule has 1 spiro atoms. The molecular formula is C10H17N3O. The first-order chi connectivity index (χ1) is 6.81. The molecule has 2 N–H and O–H groups in total. The Labute approximate surface area is 84.0 Å². The molecule has 14 heavy (non-hydrogen) atoms. The van der Waals surface area contributed by atoms with E-state index in [0.29, 0.717) is 5.92 Å². The summed E-state index contributed by atoms with van der Waals surface area (Å²) in [5.74, 6) is 0.784. The van der Waals surface area contributed by atoms with Crippen molar-refractivity contribution in [1.82, 2.24) is 15.5 Å². The highest BCUT2D eigenvalue weighted by atomic mass is 16.2. The molecule has 0 aromatic carbocycles. The van der Waals surface area contributed by atoms with Gasteiger partial charge in [0.1, 0.15) is 5.54 Å². The van der Waals surface area contributed by atoms with Gasteiger partial charge in [-0.05, 0) is 19.4 Å². The summed E-state index contributed by atoms with van der Waals surface area (Å²) in [7, 11) is 0. The van der Waals surface area contributed by atoms with Gasteiger partial charge in [0.05, 0.1) is 0 Å². The molecular weight excluding hydrogens is 178 g/mol. The topological polar surface area (TPSA) is 44.4 Å². The molecule has 1 amide bonds. The van der Waals surface area contributed by atoms with Crippen LogP contribution in [0.5, 0.6) is 0 Å². The number of fused-ring (bicyclic) bond motifs is 3. The van der Waals surface area contributed by atoms with Crippen LogP contribution in [0.4, 0.5) is 0 Å². The highest BCUT2D eigenvalue weighted by Gasteiger charge is 2.51. The number of hydrogen-bond acceptors (Lipinski definition) is 3. The van der Waals surface area contributed by atoms with Crippen molar-refractivity contribution in [2.45, 2.75) is 18.4 Å². The van der Waals surface area contributed by atoms with Gasteiger partial charge in [0.2, 0.25) is 5.91 Å². The zero-order chi connectivity index (χ0) is 9.60. The van der Waals surface area contributed by atoms with Gasteiger partial charge in [-0.15, -0.1) is 0 Å². The first-order valence-electron chi connectivity index (χ1n) is 5.57. The van der Waals surface area contributed by atoms with Crippen LogP contribution in [0.25, 0.3) is 0 Å². The van der Waals surface area contributed by atoms with Crippen LogP contribution in [0, 0.1) is 5.92 Å². The van der Waals surface area contributed by atoms with Crippen LogP contribution in [-0.4, -0.2) is 49.1 Å². The summed E-state index contributed by atoms with van der Waals surface area (Å²) in [6.07, 6.45) is 2.17. The summed E-state index contributed by atoms with van der Waals surface area (Å²) in [6, 6.07) is 0. The first-order valence-corrected chi connectivity index (χ1v) is 5.57. The summed E-state index contributed by atoms with van der Waals surface area (Å²) >= 11 is 0. The number of nitrogens with one attached hydrogen (secondary N) is 2. The molecule has 0 aliphatic carbocycles. The lowest BCUT2D eigenvalue weighted by Crippen LogP contribution is -2.69. The molecule has 4 nitrogen and oxygen atoms in total. The van der Waals surface area contributed by atoms with Crippen molar-refractivity contribution < 1.29 is 4.79 Å². The minimum atomic E-state index is -0.217. The lowest BCUT2D eigenvalue weighted by atomic mass is 9.77. The third kappa shape index (κ3) is 1.04. The Morgan fingerprint density at radius 1 is 1.36 bits per heavy atom. The van der Waals surface area contributed by atoms with Crippen LogP contribution >= 0.6 is 0 Å². The predicted octanol–water partition coefficient (Wildman–Crippen LogP) is -0.830. The monoisotopic (exact) mass is 195 g/mol. The van der Waals surface area contributed by atoms with E-state index in [1.165, 1.54) is 13.0 Å². The molecule has 3 rings (SSSR count). The molecule has 3 unspecified atom stereocenters. The van der Waals surface area contributed by atoms with Crippen LogP contribution < -0.4 is 10.6 Å². The molecule has 4 heteroatoms. The number of rotatable bonds is 0. The van der Waals surface area contributed by atoms with Crippen molar-refractivity contribution >= 4 is 5.91 Å². The summed E-state index contributed by atoms with van der Waals surface area (Å²) in [5, 5.41) is 6.48. The lowest BCUT2D eigenvalue weighted by molar-refractivity contribution is -0.133. The third-order valence-electron chi connectivity index (χ3n) is 4.05. The van der Waals surface area contributed by atoms with Crippen molar-refractivity contribution in [2.24, 2.45) is 5.92 Å². The van der Waals surface area contributed by atoms with Crippen LogP contribution in [0.3, 0.4) is 0 Å². The minimum absolute atomic E-state index is 0.217. The Morgan fingerprint density at radius 3 is 3.14 bits per heavy atom. The Morgan fingerprint density at radius 2 is 2.29 bits per heavy atom. The average molecular weight is 195 g/mol. The Bertz CT molecular complexity index is 268. The molecule has 3 heterocycles. The van der Waals surface area contributed by atoms with E-state index in [1.807, 2.05) is 0 Å². The number of piperidine rings is 1. The van der Waals surface area contributed by atoms with Crippen LogP contribution in [0.15, 0.2) is 0 Å². The fourth-order valence-corrected chi connectivity index (χ4v) is 3.21. The second-order valence-electron chi connectivity index (χ2n) is 4.69. The van der Waals surface area contributed by atoms with E-state index in [0.717, 1.165) is 32.6 Å². The summed E-state index contributed by atoms with van der Waals surface area (Å²) in [6.45, 7) is 5.10. The van der Waals surface area contributed by atoms with Gasteiger partial charge >= 0.3 is 0 Å². The molecule has 2 bridgehead atoms. The minimum Gasteiger partial charge on any atom is -0.353 e. The second-order valence-corrected chi connectivity index (χ2v) is 4.69. The standard InChI is InChI=1S/C10H17N3O/c14-9-10(12-4-3-11-9)2-6-13-5-1-8(10)7-13/h8,12H,1-7H2,(H,11,14). The van der Waals surface area contributed by atoms with Gasteiger partial charge in [0.15, 0.2) is 0 Å². The van der Waals surface area contributed by atoms with E-state index < -0.39 is 0 Å². The Kier molecular flexibility index (Phi) is 1.82. The van der Waals surface area contributed by atoms with Gasteiger partial charge in [0, 0.05) is 32.1 Å². The number of carbonyl (C=O) groups excluding carboxylic acids is 1. The van der Waals surface area contributed by atoms with E-state index in [4.69, 9.17) is 0 Å². The molecule has 3 aliphatic rings. The first kappa shape index (κ1) is 8.68. The maximum absolute atomic E-state index is 12.0. The van der Waals surface area contributed by atoms with Crippen LogP contribution in [0.1, 0.15) is 12.8 Å². The van der Waals surface area contributed by atoms with Crippen molar-refractivity contribution in [3.8, 4) is 0 Å². The third-order valence-corrected chi connectivity index (χ3v) is 4.05. The van der Waals surface area contributed by atoms with Crippen LogP contribution in [0.2, 0.25) is 0 Å². The summed E-state index contributed by atoms with van der Waals surface area (Å²) < 4.78 is 0. The van der Waals surface area contributed by atoms with Crippen molar-refractivity contribution in [1.29, 1.82) is 0 Å². The molecule has 3 fully saturated rings. The Hall–Kier alpha value is -0.610. The highest BCUT2D eigenvalue weighted by molar-refractivity contribution is 5.87. The SMILES string of the molecule is O=C1NCCNC12CCN1CCC2C1. The molecule has 0 radical (unpaired) electrons. The summed E-state index contributed by atoms with van der Waals surface area (Å²) in [5.41, 5.74) is -0.217. The molecule has 3 aliphatic heterocycles. The fourth-order valence-electron chi connectivity index (χ4n) is 3.21. The van der Waals surface area contributed by atoms with Gasteiger partial charge in [-0.3, -0.25) is 4.79 Å². The predicted molar refractivity (Wildman–Crippen MR) is 52.9 cm³/mol. The molecule has 3 saturated heterocycles. The lowest BCUT2D eigenvalue weighted by Gasteiger charge is -2.44. The van der Waals surface area contributed by atoms with Gasteiger partial charge in [-0.2, -0.15) is 0 Å². The van der Waals surface area contributed by atoms with Gasteiger partial charge in [0.25, 0.3) is 0 Å². The van der Waals surface area contributed by atoms with E-state index in [1.54, 1.807) is 0 Å². The van der Waals surface area contributed by atoms with Gasteiger partial charge in [-0.25, -0.2) is 0 Å². The van der Waals surface area contributed by atoms with Gasteiger partial charge in [-0.1, -0.05) is 0 Å². The van der Waals surface area contributed by atoms with Crippen molar-refractivity contribution in [3.05, 3.63) is 0 Å². The average Bonchev–Trinajstić information content (AvgIpc) is 2.61. The zero-order valence-corrected chi connectivity index (χ0v) is 8.38. The highest BCUT2D eigenvalue weighted by Crippen LogP contribution is 2.36. The van der Waals surface area contributed by atoms with Crippen molar-refractivity contribution in [2.75, 3.05) is 32.7 Å². The van der Waals surface area contributed by atoms with Crippen LogP contribution in [-0.2, 0) is 4.79 Å². The van der Waals surface area contributed by atoms with E-state index in [2.05, 4.69) is 15.5 Å². The van der Waals surface area contributed by atoms with E-state index in [-0.39, 0.29) is 11.4 Å². The quantitative estimate of drug-likeness (QED) is 0.530.